The summed E-state index contributed by atoms with van der Waals surface area (Å²) in [4.78, 5) is 12.1. The predicted octanol–water partition coefficient (Wildman–Crippen LogP) is 2.69. The molecule has 7 nitrogen and oxygen atoms in total. The number of nitro benzene ring substituents is 1. The smallest absolute Gasteiger partial charge is 0.270 e. The maximum atomic E-state index is 13.8. The Balaban J connectivity index is 1.73. The lowest BCUT2D eigenvalue weighted by molar-refractivity contribution is -0.385. The van der Waals surface area contributed by atoms with Gasteiger partial charge in [0.2, 0.25) is 10.0 Å². The highest BCUT2D eigenvalue weighted by Gasteiger charge is 2.31. The Morgan fingerprint density at radius 3 is 2.43 bits per heavy atom. The topological polar surface area (TPSA) is 83.8 Å². The molecule has 1 saturated heterocycles. The second-order valence-corrected chi connectivity index (χ2v) is 8.51. The minimum Gasteiger partial charge on any atom is -0.296 e. The first-order valence-electron chi connectivity index (χ1n) is 8.60. The number of non-ortho nitro benzene ring substituents is 1. The highest BCUT2D eigenvalue weighted by Crippen LogP contribution is 2.26. The fraction of sp³-hybridized carbons (Fsp3) is 0.333. The van der Waals surface area contributed by atoms with Crippen LogP contribution in [0.25, 0.3) is 0 Å². The SMILES string of the molecule is Cc1ccc([N+](=O)[O-])cc1S(=O)(=O)N1CCN(Cc2cccc(F)c2F)CC1. The van der Waals surface area contributed by atoms with E-state index in [2.05, 4.69) is 0 Å². The maximum Gasteiger partial charge on any atom is 0.270 e. The van der Waals surface area contributed by atoms with E-state index >= 15 is 0 Å². The van der Waals surface area contributed by atoms with E-state index in [0.29, 0.717) is 18.7 Å². The normalized spacial score (nSPS) is 16.2. The molecule has 0 radical (unpaired) electrons. The van der Waals surface area contributed by atoms with Crippen molar-refractivity contribution in [2.75, 3.05) is 26.2 Å². The number of sulfonamides is 1. The van der Waals surface area contributed by atoms with Crippen molar-refractivity contribution in [2.45, 2.75) is 18.4 Å². The van der Waals surface area contributed by atoms with Crippen LogP contribution in [0.1, 0.15) is 11.1 Å². The van der Waals surface area contributed by atoms with Gasteiger partial charge < -0.3 is 0 Å². The second kappa shape index (κ2) is 7.90. The van der Waals surface area contributed by atoms with Gasteiger partial charge in [-0.3, -0.25) is 15.0 Å². The fourth-order valence-corrected chi connectivity index (χ4v) is 4.83. The lowest BCUT2D eigenvalue weighted by Crippen LogP contribution is -2.48. The van der Waals surface area contributed by atoms with E-state index in [9.17, 15) is 27.3 Å². The molecular weight excluding hydrogens is 392 g/mol. The number of hydrogen-bond donors (Lipinski definition) is 0. The molecule has 0 saturated carbocycles. The van der Waals surface area contributed by atoms with Crippen LogP contribution in [0, 0.1) is 28.7 Å². The quantitative estimate of drug-likeness (QED) is 0.558. The Morgan fingerprint density at radius 1 is 1.11 bits per heavy atom. The van der Waals surface area contributed by atoms with Crippen molar-refractivity contribution in [3.63, 3.8) is 0 Å². The standard InChI is InChI=1S/C18H19F2N3O4S/c1-13-5-6-15(23(24)25)11-17(13)28(26,27)22-9-7-21(8-10-22)12-14-3-2-4-16(19)18(14)20/h2-6,11H,7-10,12H2,1H3. The summed E-state index contributed by atoms with van der Waals surface area (Å²) in [7, 11) is -3.89. The van der Waals surface area contributed by atoms with E-state index < -0.39 is 26.6 Å². The summed E-state index contributed by atoms with van der Waals surface area (Å²) in [6.07, 6.45) is 0. The Kier molecular flexibility index (Phi) is 5.73. The summed E-state index contributed by atoms with van der Waals surface area (Å²) >= 11 is 0. The summed E-state index contributed by atoms with van der Waals surface area (Å²) in [6, 6.07) is 7.71. The van der Waals surface area contributed by atoms with Crippen molar-refractivity contribution in [3.05, 3.63) is 69.3 Å². The molecule has 1 heterocycles. The van der Waals surface area contributed by atoms with Crippen molar-refractivity contribution in [3.8, 4) is 0 Å². The van der Waals surface area contributed by atoms with E-state index in [4.69, 9.17) is 0 Å². The Morgan fingerprint density at radius 2 is 1.79 bits per heavy atom. The minimum atomic E-state index is -3.89. The molecule has 3 rings (SSSR count). The van der Waals surface area contributed by atoms with Crippen molar-refractivity contribution >= 4 is 15.7 Å². The number of benzene rings is 2. The average Bonchev–Trinajstić information content (AvgIpc) is 2.66. The molecular formula is C18H19F2N3O4S. The van der Waals surface area contributed by atoms with Crippen LogP contribution in [-0.2, 0) is 16.6 Å². The number of rotatable bonds is 5. The third-order valence-corrected chi connectivity index (χ3v) is 6.80. The van der Waals surface area contributed by atoms with E-state index in [1.54, 1.807) is 6.92 Å². The van der Waals surface area contributed by atoms with Crippen LogP contribution in [0.5, 0.6) is 0 Å². The third kappa shape index (κ3) is 4.03. The van der Waals surface area contributed by atoms with Gasteiger partial charge >= 0.3 is 0 Å². The van der Waals surface area contributed by atoms with E-state index in [0.717, 1.165) is 12.1 Å². The van der Waals surface area contributed by atoms with Crippen LogP contribution < -0.4 is 0 Å². The highest BCUT2D eigenvalue weighted by molar-refractivity contribution is 7.89. The number of nitrogens with zero attached hydrogens (tertiary/aromatic N) is 3. The van der Waals surface area contributed by atoms with Gasteiger partial charge in [0, 0.05) is 50.4 Å². The largest absolute Gasteiger partial charge is 0.296 e. The molecule has 150 valence electrons. The van der Waals surface area contributed by atoms with Gasteiger partial charge in [0.1, 0.15) is 0 Å². The lowest BCUT2D eigenvalue weighted by atomic mass is 10.2. The average molecular weight is 411 g/mol. The molecule has 0 aromatic heterocycles. The van der Waals surface area contributed by atoms with Gasteiger partial charge in [0.25, 0.3) is 5.69 Å². The number of halogens is 2. The zero-order valence-electron chi connectivity index (χ0n) is 15.1. The summed E-state index contributed by atoms with van der Waals surface area (Å²) in [5.41, 5.74) is 0.352. The zero-order valence-corrected chi connectivity index (χ0v) is 16.0. The van der Waals surface area contributed by atoms with Crippen molar-refractivity contribution in [1.29, 1.82) is 0 Å². The number of aryl methyl sites for hydroxylation is 1. The van der Waals surface area contributed by atoms with Gasteiger partial charge in [-0.05, 0) is 18.6 Å². The van der Waals surface area contributed by atoms with Gasteiger partial charge in [-0.1, -0.05) is 18.2 Å². The molecule has 0 N–H and O–H groups in total. The van der Waals surface area contributed by atoms with Crippen molar-refractivity contribution < 1.29 is 22.1 Å². The van der Waals surface area contributed by atoms with E-state index in [1.165, 1.54) is 28.6 Å². The van der Waals surface area contributed by atoms with Crippen LogP contribution in [0.2, 0.25) is 0 Å². The predicted molar refractivity (Wildman–Crippen MR) is 98.2 cm³/mol. The molecule has 28 heavy (non-hydrogen) atoms. The van der Waals surface area contributed by atoms with Crippen LogP contribution in [0.15, 0.2) is 41.3 Å². The molecule has 0 spiro atoms. The van der Waals surface area contributed by atoms with Gasteiger partial charge in [-0.25, -0.2) is 17.2 Å². The Hall–Kier alpha value is -2.43. The Labute approximate surface area is 161 Å². The summed E-state index contributed by atoms with van der Waals surface area (Å²) in [5, 5.41) is 11.0. The third-order valence-electron chi connectivity index (χ3n) is 4.76. The fourth-order valence-electron chi connectivity index (χ4n) is 3.16. The summed E-state index contributed by atoms with van der Waals surface area (Å²) < 4.78 is 54.3. The minimum absolute atomic E-state index is 0.0914. The molecule has 1 aliphatic rings. The molecule has 1 fully saturated rings. The van der Waals surface area contributed by atoms with E-state index in [-0.39, 0.29) is 35.8 Å². The zero-order chi connectivity index (χ0) is 20.5. The number of hydrogen-bond acceptors (Lipinski definition) is 5. The monoisotopic (exact) mass is 411 g/mol. The summed E-state index contributed by atoms with van der Waals surface area (Å²) in [5.74, 6) is -1.82. The van der Waals surface area contributed by atoms with Gasteiger partial charge in [0.05, 0.1) is 9.82 Å². The molecule has 0 atom stereocenters. The highest BCUT2D eigenvalue weighted by atomic mass is 32.2. The lowest BCUT2D eigenvalue weighted by Gasteiger charge is -2.34. The first-order chi connectivity index (χ1) is 13.2. The molecule has 2 aromatic rings. The second-order valence-electron chi connectivity index (χ2n) is 6.60. The van der Waals surface area contributed by atoms with Crippen LogP contribution in [0.3, 0.4) is 0 Å². The number of piperazine rings is 1. The molecule has 0 unspecified atom stereocenters. The van der Waals surface area contributed by atoms with Crippen molar-refractivity contribution in [1.82, 2.24) is 9.21 Å². The van der Waals surface area contributed by atoms with Gasteiger partial charge in [-0.2, -0.15) is 4.31 Å². The molecule has 0 aliphatic carbocycles. The summed E-state index contributed by atoms with van der Waals surface area (Å²) in [6.45, 7) is 2.74. The Bertz CT molecular complexity index is 1010. The van der Waals surface area contributed by atoms with Gasteiger partial charge in [-0.15, -0.1) is 0 Å². The number of nitro groups is 1. The first-order valence-corrected chi connectivity index (χ1v) is 10.0. The van der Waals surface area contributed by atoms with Crippen molar-refractivity contribution in [2.24, 2.45) is 0 Å². The van der Waals surface area contributed by atoms with Crippen LogP contribution >= 0.6 is 0 Å². The molecule has 2 aromatic carbocycles. The molecule has 10 heteroatoms. The molecule has 1 aliphatic heterocycles. The van der Waals surface area contributed by atoms with Crippen LogP contribution in [-0.4, -0.2) is 48.7 Å². The van der Waals surface area contributed by atoms with Crippen LogP contribution in [0.4, 0.5) is 14.5 Å². The molecule has 0 amide bonds. The first kappa shape index (κ1) is 20.3. The molecule has 0 bridgehead atoms. The van der Waals surface area contributed by atoms with E-state index in [1.807, 2.05) is 4.90 Å². The van der Waals surface area contributed by atoms with Gasteiger partial charge in [0.15, 0.2) is 11.6 Å². The maximum absolute atomic E-state index is 13.8.